The molecule has 131 valence electrons. The van der Waals surface area contributed by atoms with E-state index in [-0.39, 0.29) is 18.0 Å². The maximum absolute atomic E-state index is 13.2. The normalized spacial score (nSPS) is 14.2. The maximum Gasteiger partial charge on any atom is 0.420 e. The number of benzene rings is 1. The highest BCUT2D eigenvalue weighted by Crippen LogP contribution is 2.42. The minimum atomic E-state index is -4.66. The molecule has 0 spiro atoms. The van der Waals surface area contributed by atoms with E-state index in [1.165, 1.54) is 0 Å². The third-order valence-corrected chi connectivity index (χ3v) is 3.63. The highest BCUT2D eigenvalue weighted by molar-refractivity contribution is 6.42. The van der Waals surface area contributed by atoms with Gasteiger partial charge in [0.05, 0.1) is 16.9 Å². The minimum absolute atomic E-state index is 0.0505. The summed E-state index contributed by atoms with van der Waals surface area (Å²) in [5, 5.41) is 5.57. The van der Waals surface area contributed by atoms with Gasteiger partial charge in [-0.2, -0.15) is 13.2 Å². The molecular weight excluding hydrogens is 327 g/mol. The molecule has 9 heteroatoms. The molecule has 0 saturated heterocycles. The van der Waals surface area contributed by atoms with E-state index in [1.807, 2.05) is 18.7 Å². The molecule has 1 N–H and O–H groups in total. The molecule has 1 aromatic rings. The van der Waals surface area contributed by atoms with Gasteiger partial charge in [-0.05, 0) is 19.2 Å². The molecule has 6 nitrogen and oxygen atoms in total. The van der Waals surface area contributed by atoms with Gasteiger partial charge in [0.1, 0.15) is 12.4 Å². The highest BCUT2D eigenvalue weighted by atomic mass is 19.4. The van der Waals surface area contributed by atoms with Gasteiger partial charge in [-0.15, -0.1) is 0 Å². The van der Waals surface area contributed by atoms with Crippen LogP contribution in [0.25, 0.3) is 0 Å². The first kappa shape index (κ1) is 18.1. The van der Waals surface area contributed by atoms with Gasteiger partial charge in [0, 0.05) is 12.6 Å². The van der Waals surface area contributed by atoms with Gasteiger partial charge in [-0.3, -0.25) is 9.59 Å². The van der Waals surface area contributed by atoms with Crippen molar-refractivity contribution in [3.8, 4) is 5.75 Å². The van der Waals surface area contributed by atoms with Gasteiger partial charge < -0.3 is 15.0 Å². The second-order valence-electron chi connectivity index (χ2n) is 5.11. The number of carbonyl (C=O) groups excluding carboxylic acids is 2. The average molecular weight is 344 g/mol. The van der Waals surface area contributed by atoms with E-state index in [0.717, 1.165) is 25.2 Å². The number of alkyl halides is 3. The second-order valence-corrected chi connectivity index (χ2v) is 5.11. The Kier molecular flexibility index (Phi) is 5.33. The van der Waals surface area contributed by atoms with Crippen LogP contribution >= 0.6 is 0 Å². The molecule has 24 heavy (non-hydrogen) atoms. The number of anilines is 1. The summed E-state index contributed by atoms with van der Waals surface area (Å²) in [6, 6.07) is 1.76. The van der Waals surface area contributed by atoms with E-state index < -0.39 is 29.3 Å². The predicted octanol–water partition coefficient (Wildman–Crippen LogP) is 2.14. The van der Waals surface area contributed by atoms with Crippen molar-refractivity contribution in [3.05, 3.63) is 17.7 Å². The fraction of sp³-hybridized carbons (Fsp3) is 0.467. The zero-order valence-electron chi connectivity index (χ0n) is 13.2. The third kappa shape index (κ3) is 3.97. The van der Waals surface area contributed by atoms with Crippen LogP contribution in [0.15, 0.2) is 12.1 Å². The summed E-state index contributed by atoms with van der Waals surface area (Å²) in [5.41, 5.74) is -1.24. The van der Waals surface area contributed by atoms with Crippen LogP contribution in [0.4, 0.5) is 24.5 Å². The van der Waals surface area contributed by atoms with Crippen LogP contribution < -0.4 is 15.4 Å². The third-order valence-electron chi connectivity index (χ3n) is 3.63. The Labute approximate surface area is 137 Å². The second kappa shape index (κ2) is 7.08. The summed E-state index contributed by atoms with van der Waals surface area (Å²) in [4.78, 5) is 24.5. The predicted molar refractivity (Wildman–Crippen MR) is 80.2 cm³/mol. The van der Waals surface area contributed by atoms with Crippen LogP contribution in [0.5, 0.6) is 5.75 Å². The monoisotopic (exact) mass is 344 g/mol. The number of fused-ring (bicyclic) bond motifs is 1. The Balaban J connectivity index is 2.27. The number of hydrogen-bond donors (Lipinski definition) is 1. The van der Waals surface area contributed by atoms with E-state index in [4.69, 9.17) is 4.74 Å². The molecule has 0 fully saturated rings. The number of nitrogens with zero attached hydrogens (tertiary/aromatic N) is 2. The number of nitrogens with one attached hydrogen (secondary N) is 1. The minimum Gasteiger partial charge on any atom is -0.492 e. The van der Waals surface area contributed by atoms with Crippen LogP contribution in [-0.4, -0.2) is 43.0 Å². The first-order valence-corrected chi connectivity index (χ1v) is 7.43. The molecule has 1 aromatic carbocycles. The fourth-order valence-electron chi connectivity index (χ4n) is 2.26. The lowest BCUT2D eigenvalue weighted by Gasteiger charge is -2.22. The fourth-order valence-corrected chi connectivity index (χ4v) is 2.26. The van der Waals surface area contributed by atoms with Crippen LogP contribution in [0, 0.1) is 0 Å². The van der Waals surface area contributed by atoms with Crippen molar-refractivity contribution in [1.29, 1.82) is 0 Å². The van der Waals surface area contributed by atoms with Crippen LogP contribution in [0.3, 0.4) is 0 Å². The Bertz CT molecular complexity index is 643. The van der Waals surface area contributed by atoms with Gasteiger partial charge in [0.15, 0.2) is 0 Å². The molecule has 0 unspecified atom stereocenters. The molecule has 1 aliphatic rings. The van der Waals surface area contributed by atoms with Gasteiger partial charge in [-0.1, -0.05) is 13.8 Å². The number of halogens is 3. The molecule has 1 aliphatic heterocycles. The number of hydrogen-bond acceptors (Lipinski definition) is 4. The summed E-state index contributed by atoms with van der Waals surface area (Å²) in [5.74, 6) is -2.54. The van der Waals surface area contributed by atoms with Gasteiger partial charge in [0.25, 0.3) is 0 Å². The number of rotatable bonds is 6. The number of likely N-dealkylation sites (N-methyl/N-ethyl adjacent to an activating group) is 1. The van der Waals surface area contributed by atoms with E-state index in [9.17, 15) is 22.8 Å². The highest BCUT2D eigenvalue weighted by Gasteiger charge is 2.37. The van der Waals surface area contributed by atoms with Crippen LogP contribution in [-0.2, 0) is 15.8 Å². The summed E-state index contributed by atoms with van der Waals surface area (Å²) in [6.07, 6.45) is -4.66. The summed E-state index contributed by atoms with van der Waals surface area (Å²) in [7, 11) is 0. The summed E-state index contributed by atoms with van der Waals surface area (Å²) >= 11 is 0. The van der Waals surface area contributed by atoms with Crippen molar-refractivity contribution < 1.29 is 27.5 Å². The Morgan fingerprint density at radius 2 is 1.88 bits per heavy atom. The number of ether oxygens (including phenoxy) is 1. The zero-order valence-corrected chi connectivity index (χ0v) is 13.2. The van der Waals surface area contributed by atoms with Crippen LogP contribution in [0.2, 0.25) is 0 Å². The van der Waals surface area contributed by atoms with Crippen molar-refractivity contribution in [2.45, 2.75) is 20.0 Å². The molecule has 2 amide bonds. The maximum atomic E-state index is 13.2. The molecule has 0 aromatic heterocycles. The van der Waals surface area contributed by atoms with Gasteiger partial charge >= 0.3 is 18.0 Å². The largest absolute Gasteiger partial charge is 0.492 e. The lowest BCUT2D eigenvalue weighted by Crippen LogP contribution is -2.33. The molecule has 0 bridgehead atoms. The summed E-state index contributed by atoms with van der Waals surface area (Å²) in [6.45, 7) is 5.92. The molecule has 0 aliphatic carbocycles. The molecule has 0 saturated carbocycles. The topological polar surface area (TPSA) is 72.7 Å². The first-order chi connectivity index (χ1) is 11.3. The van der Waals surface area contributed by atoms with E-state index in [1.54, 1.807) is 0 Å². The van der Waals surface area contributed by atoms with Gasteiger partial charge in [0.2, 0.25) is 0 Å². The number of carbonyl (C=O) groups is 2. The van der Waals surface area contributed by atoms with E-state index in [0.29, 0.717) is 6.54 Å². The zero-order chi connectivity index (χ0) is 17.9. The van der Waals surface area contributed by atoms with Crippen molar-refractivity contribution in [2.24, 2.45) is 0 Å². The summed E-state index contributed by atoms with van der Waals surface area (Å²) < 4.78 is 44.9. The number of amides is 2. The molecule has 0 atom stereocenters. The lowest BCUT2D eigenvalue weighted by molar-refractivity contribution is -0.139. The SMILES string of the molecule is CCN(CC)CCOc1cc2c(cc1C(F)(F)F)NC(=O)C(=O)[N]2. The quantitative estimate of drug-likeness (QED) is 0.803. The van der Waals surface area contributed by atoms with Gasteiger partial charge in [-0.25, -0.2) is 5.32 Å². The molecule has 1 heterocycles. The van der Waals surface area contributed by atoms with E-state index in [2.05, 4.69) is 10.6 Å². The van der Waals surface area contributed by atoms with Crippen molar-refractivity contribution in [2.75, 3.05) is 31.6 Å². The average Bonchev–Trinajstić information content (AvgIpc) is 2.51. The molecular formula is C15H17F3N3O3. The van der Waals surface area contributed by atoms with Crippen LogP contribution in [0.1, 0.15) is 19.4 Å². The Hall–Kier alpha value is -2.29. The lowest BCUT2D eigenvalue weighted by atomic mass is 10.1. The standard InChI is InChI=1S/C15H17F3N3O3/c1-3-21(4-2)5-6-24-12-8-11-10(7-9(12)15(16,17)18)19-13(22)14(23)20-11/h7-8H,3-6H2,1-2H3,(H,19,22). The first-order valence-electron chi connectivity index (χ1n) is 7.43. The van der Waals surface area contributed by atoms with Crippen molar-refractivity contribution in [1.82, 2.24) is 10.2 Å². The molecule has 2 rings (SSSR count). The van der Waals surface area contributed by atoms with Crippen molar-refractivity contribution in [3.63, 3.8) is 0 Å². The Morgan fingerprint density at radius 1 is 1.21 bits per heavy atom. The Morgan fingerprint density at radius 3 is 2.46 bits per heavy atom. The smallest absolute Gasteiger partial charge is 0.420 e. The molecule has 1 radical (unpaired) electrons. The van der Waals surface area contributed by atoms with Crippen molar-refractivity contribution >= 4 is 23.2 Å². The van der Waals surface area contributed by atoms with E-state index >= 15 is 0 Å².